The minimum absolute atomic E-state index is 0.192. The summed E-state index contributed by atoms with van der Waals surface area (Å²) in [4.78, 5) is 24.9. The Kier molecular flexibility index (Phi) is 3.55. The Morgan fingerprint density at radius 2 is 1.95 bits per heavy atom. The summed E-state index contributed by atoms with van der Waals surface area (Å²) in [6, 6.07) is 0.473. The highest BCUT2D eigenvalue weighted by molar-refractivity contribution is 9.10. The van der Waals surface area contributed by atoms with E-state index in [1.165, 1.54) is 0 Å². The van der Waals surface area contributed by atoms with Gasteiger partial charge in [0.15, 0.2) is 0 Å². The Bertz CT molecular complexity index is 543. The first-order chi connectivity index (χ1) is 9.83. The normalized spacial score (nSPS) is 24.6. The van der Waals surface area contributed by atoms with Crippen LogP contribution in [0.5, 0.6) is 0 Å². The summed E-state index contributed by atoms with van der Waals surface area (Å²) in [5, 5.41) is 0. The molecule has 0 N–H and O–H groups in total. The van der Waals surface area contributed by atoms with Gasteiger partial charge in [-0.15, -0.1) is 0 Å². The predicted octanol–water partition coefficient (Wildman–Crippen LogP) is 2.44. The van der Waals surface area contributed by atoms with Crippen molar-refractivity contribution in [2.24, 2.45) is 0 Å². The molecule has 2 fully saturated rings. The Hall–Kier alpha value is -1.37. The fourth-order valence-electron chi connectivity index (χ4n) is 2.91. The molecule has 2 saturated heterocycles. The SMILES string of the molecule is CC(C)(C)OC(=O)N1C[C@H]2C[C@@H]1CN2c1ncc(Br)cn1. The summed E-state index contributed by atoms with van der Waals surface area (Å²) in [6.07, 6.45) is 4.24. The highest BCUT2D eigenvalue weighted by Crippen LogP contribution is 2.33. The van der Waals surface area contributed by atoms with E-state index in [0.29, 0.717) is 6.54 Å². The molecule has 0 radical (unpaired) electrons. The number of amides is 1. The minimum atomic E-state index is -0.451. The van der Waals surface area contributed by atoms with Crippen molar-refractivity contribution >= 4 is 28.0 Å². The number of rotatable bonds is 1. The molecule has 114 valence electrons. The van der Waals surface area contributed by atoms with Gasteiger partial charge in [-0.25, -0.2) is 14.8 Å². The third-order valence-electron chi connectivity index (χ3n) is 3.73. The van der Waals surface area contributed by atoms with Crippen LogP contribution in [0.25, 0.3) is 0 Å². The van der Waals surface area contributed by atoms with E-state index >= 15 is 0 Å². The van der Waals surface area contributed by atoms with Crippen LogP contribution in [0, 0.1) is 0 Å². The van der Waals surface area contributed by atoms with Gasteiger partial charge in [0.05, 0.1) is 16.6 Å². The fourth-order valence-corrected chi connectivity index (χ4v) is 3.11. The summed E-state index contributed by atoms with van der Waals surface area (Å²) in [5.74, 6) is 0.731. The van der Waals surface area contributed by atoms with Crippen LogP contribution in [0.4, 0.5) is 10.7 Å². The average molecular weight is 355 g/mol. The number of aromatic nitrogens is 2. The van der Waals surface area contributed by atoms with Gasteiger partial charge in [0, 0.05) is 25.5 Å². The molecule has 0 unspecified atom stereocenters. The maximum absolute atomic E-state index is 12.2. The van der Waals surface area contributed by atoms with Crippen molar-refractivity contribution in [3.05, 3.63) is 16.9 Å². The van der Waals surface area contributed by atoms with E-state index in [-0.39, 0.29) is 18.2 Å². The lowest BCUT2D eigenvalue weighted by atomic mass is 10.2. The number of hydrogen-bond donors (Lipinski definition) is 0. The zero-order valence-corrected chi connectivity index (χ0v) is 14.0. The van der Waals surface area contributed by atoms with Gasteiger partial charge >= 0.3 is 6.09 Å². The number of ether oxygens (including phenoxy) is 1. The maximum atomic E-state index is 12.2. The first-order valence-electron chi connectivity index (χ1n) is 7.07. The van der Waals surface area contributed by atoms with Gasteiger partial charge in [-0.05, 0) is 43.1 Å². The lowest BCUT2D eigenvalue weighted by molar-refractivity contribution is 0.0214. The highest BCUT2D eigenvalue weighted by atomic mass is 79.9. The molecule has 2 atom stereocenters. The Balaban J connectivity index is 1.66. The summed E-state index contributed by atoms with van der Waals surface area (Å²) in [7, 11) is 0. The minimum Gasteiger partial charge on any atom is -0.444 e. The number of halogens is 1. The van der Waals surface area contributed by atoms with Crippen LogP contribution in [-0.2, 0) is 4.74 Å². The van der Waals surface area contributed by atoms with Crippen molar-refractivity contribution in [1.29, 1.82) is 0 Å². The third-order valence-corrected chi connectivity index (χ3v) is 4.14. The zero-order valence-electron chi connectivity index (χ0n) is 12.4. The number of anilines is 1. The summed E-state index contributed by atoms with van der Waals surface area (Å²) in [5.41, 5.74) is -0.451. The number of fused-ring (bicyclic) bond motifs is 2. The molecule has 21 heavy (non-hydrogen) atoms. The van der Waals surface area contributed by atoms with Crippen molar-refractivity contribution in [3.8, 4) is 0 Å². The Morgan fingerprint density at radius 3 is 2.48 bits per heavy atom. The molecule has 3 heterocycles. The highest BCUT2D eigenvalue weighted by Gasteiger charge is 2.47. The van der Waals surface area contributed by atoms with E-state index in [2.05, 4.69) is 30.8 Å². The lowest BCUT2D eigenvalue weighted by Gasteiger charge is -2.35. The molecule has 0 saturated carbocycles. The largest absolute Gasteiger partial charge is 0.444 e. The standard InChI is InChI=1S/C14H19BrN4O2/c1-14(2,3)21-13(20)19-8-10-4-11(19)7-18(10)12-16-5-9(15)6-17-12/h5-6,10-11H,4,7-8H2,1-3H3/t10-,11-/m1/s1. The number of hydrogen-bond acceptors (Lipinski definition) is 5. The van der Waals surface area contributed by atoms with Gasteiger partial charge in [-0.3, -0.25) is 0 Å². The quantitative estimate of drug-likeness (QED) is 0.775. The maximum Gasteiger partial charge on any atom is 0.410 e. The number of carbonyl (C=O) groups excluding carboxylic acids is 1. The number of piperazine rings is 1. The van der Waals surface area contributed by atoms with Crippen LogP contribution >= 0.6 is 15.9 Å². The molecule has 0 aliphatic carbocycles. The van der Waals surface area contributed by atoms with Crippen LogP contribution in [0.2, 0.25) is 0 Å². The number of likely N-dealkylation sites (tertiary alicyclic amines) is 1. The fraction of sp³-hybridized carbons (Fsp3) is 0.643. The monoisotopic (exact) mass is 354 g/mol. The van der Waals surface area contributed by atoms with Crippen molar-refractivity contribution in [2.45, 2.75) is 44.9 Å². The molecule has 1 aromatic rings. The van der Waals surface area contributed by atoms with Crippen LogP contribution in [-0.4, -0.2) is 51.7 Å². The van der Waals surface area contributed by atoms with Gasteiger partial charge in [-0.1, -0.05) is 0 Å². The number of nitrogens with zero attached hydrogens (tertiary/aromatic N) is 4. The van der Waals surface area contributed by atoms with Gasteiger partial charge in [-0.2, -0.15) is 0 Å². The summed E-state index contributed by atoms with van der Waals surface area (Å²) < 4.78 is 6.33. The smallest absolute Gasteiger partial charge is 0.410 e. The van der Waals surface area contributed by atoms with E-state index in [4.69, 9.17) is 4.74 Å². The van der Waals surface area contributed by atoms with E-state index in [1.54, 1.807) is 12.4 Å². The molecule has 0 spiro atoms. The molecular weight excluding hydrogens is 336 g/mol. The van der Waals surface area contributed by atoms with E-state index in [0.717, 1.165) is 23.4 Å². The van der Waals surface area contributed by atoms with Crippen LogP contribution in [0.1, 0.15) is 27.2 Å². The second-order valence-electron chi connectivity index (χ2n) is 6.53. The molecule has 6 nitrogen and oxygen atoms in total. The Morgan fingerprint density at radius 1 is 1.29 bits per heavy atom. The Labute approximate surface area is 132 Å². The van der Waals surface area contributed by atoms with Gasteiger partial charge in [0.25, 0.3) is 0 Å². The van der Waals surface area contributed by atoms with E-state index in [9.17, 15) is 4.79 Å². The molecule has 2 aliphatic heterocycles. The van der Waals surface area contributed by atoms with Gasteiger partial charge in [0.2, 0.25) is 5.95 Å². The molecule has 1 aromatic heterocycles. The molecule has 3 rings (SSSR count). The van der Waals surface area contributed by atoms with Crippen molar-refractivity contribution in [1.82, 2.24) is 14.9 Å². The van der Waals surface area contributed by atoms with Gasteiger partial charge < -0.3 is 14.5 Å². The first-order valence-corrected chi connectivity index (χ1v) is 7.86. The second-order valence-corrected chi connectivity index (χ2v) is 7.45. The molecular formula is C14H19BrN4O2. The predicted molar refractivity (Wildman–Crippen MR) is 82.2 cm³/mol. The summed E-state index contributed by atoms with van der Waals surface area (Å²) >= 11 is 3.34. The van der Waals surface area contributed by atoms with Crippen LogP contribution < -0.4 is 4.90 Å². The summed E-state index contributed by atoms with van der Waals surface area (Å²) in [6.45, 7) is 7.12. The lowest BCUT2D eigenvalue weighted by Crippen LogP contribution is -2.50. The zero-order chi connectivity index (χ0) is 15.2. The van der Waals surface area contributed by atoms with Crippen LogP contribution in [0.3, 0.4) is 0 Å². The molecule has 2 bridgehead atoms. The molecule has 2 aliphatic rings. The van der Waals surface area contributed by atoms with Crippen molar-refractivity contribution in [2.75, 3.05) is 18.0 Å². The molecule has 1 amide bonds. The first kappa shape index (κ1) is 14.6. The van der Waals surface area contributed by atoms with Crippen LogP contribution in [0.15, 0.2) is 16.9 Å². The van der Waals surface area contributed by atoms with E-state index in [1.807, 2.05) is 25.7 Å². The van der Waals surface area contributed by atoms with Gasteiger partial charge in [0.1, 0.15) is 5.60 Å². The number of carbonyl (C=O) groups is 1. The third kappa shape index (κ3) is 2.97. The average Bonchev–Trinajstić information content (AvgIpc) is 2.97. The molecule has 7 heteroatoms. The second kappa shape index (κ2) is 5.12. The molecule has 0 aromatic carbocycles. The van der Waals surface area contributed by atoms with Crippen molar-refractivity contribution < 1.29 is 9.53 Å². The van der Waals surface area contributed by atoms with Crippen molar-refractivity contribution in [3.63, 3.8) is 0 Å². The van der Waals surface area contributed by atoms with E-state index < -0.39 is 5.60 Å². The topological polar surface area (TPSA) is 58.6 Å².